The van der Waals surface area contributed by atoms with E-state index >= 15 is 0 Å². The van der Waals surface area contributed by atoms with Crippen molar-refractivity contribution < 1.29 is 33.2 Å². The van der Waals surface area contributed by atoms with E-state index < -0.39 is 11.4 Å². The molecule has 0 aliphatic carbocycles. The molecule has 0 spiro atoms. The molecule has 0 N–H and O–H groups in total. The first-order valence-corrected chi connectivity index (χ1v) is 2.50. The predicted octanol–water partition coefficient (Wildman–Crippen LogP) is -3.07. The molecule has 0 saturated carbocycles. The Morgan fingerprint density at radius 2 is 2.43 bits per heavy atom. The van der Waals surface area contributed by atoms with E-state index in [9.17, 15) is 8.76 Å². The number of rotatable bonds is 2. The molecule has 0 aromatic rings. The first-order chi connectivity index (χ1) is 2.77. The smallest absolute Gasteiger partial charge is 1.00 e. The van der Waals surface area contributed by atoms with E-state index in [0.717, 1.165) is 0 Å². The molecule has 0 heterocycles. The first-order valence-electron chi connectivity index (χ1n) is 1.50. The molecule has 0 rings (SSSR count). The Balaban J connectivity index is -0.000000125. The minimum atomic E-state index is -2.32. The molecule has 40 valence electrons. The molecule has 0 aliphatic heterocycles. The molecular weight excluding hydrogens is 111 g/mol. The van der Waals surface area contributed by atoms with Crippen molar-refractivity contribution in [3.63, 3.8) is 0 Å². The zero-order valence-corrected chi connectivity index (χ0v) is 5.16. The summed E-state index contributed by atoms with van der Waals surface area (Å²) >= 11 is -2.32. The average Bonchev–Trinajstić information content (AvgIpc) is 1.35. The summed E-state index contributed by atoms with van der Waals surface area (Å²) < 4.78 is 22.7. The first kappa shape index (κ1) is 10.6. The molecule has 0 aromatic carbocycles. The van der Waals surface area contributed by atoms with E-state index in [1.54, 1.807) is 6.92 Å². The molecule has 7 heavy (non-hydrogen) atoms. The zero-order chi connectivity index (χ0) is 4.99. The van der Waals surface area contributed by atoms with Crippen LogP contribution in [0.1, 0.15) is 8.35 Å². The van der Waals surface area contributed by atoms with E-state index in [4.69, 9.17) is 0 Å². The van der Waals surface area contributed by atoms with E-state index in [1.165, 1.54) is 0 Å². The third-order valence-electron chi connectivity index (χ3n) is 0.214. The van der Waals surface area contributed by atoms with Gasteiger partial charge in [0, 0.05) is 0 Å². The molecule has 5 heteroatoms. The normalized spacial score (nSPS) is 12.3. The van der Waals surface area contributed by atoms with Crippen LogP contribution in [0.4, 0.5) is 0 Å². The van der Waals surface area contributed by atoms with Gasteiger partial charge in [0.15, 0.2) is 0 Å². The van der Waals surface area contributed by atoms with E-state index in [0.29, 0.717) is 0 Å². The van der Waals surface area contributed by atoms with Gasteiger partial charge in [-0.05, 0) is 6.92 Å². The molecule has 0 bridgehead atoms. The maximum atomic E-state index is 9.38. The summed E-state index contributed by atoms with van der Waals surface area (Å²) in [5, 5.41) is 0. The summed E-state index contributed by atoms with van der Waals surface area (Å²) in [6.07, 6.45) is 0. The van der Waals surface area contributed by atoms with Gasteiger partial charge in [-0.25, -0.2) is 4.21 Å². The monoisotopic (exact) mass is 117 g/mol. The largest absolute Gasteiger partial charge is 1.00 e. The van der Waals surface area contributed by atoms with Crippen molar-refractivity contribution in [3.8, 4) is 0 Å². The summed E-state index contributed by atoms with van der Waals surface area (Å²) in [5.74, 6) is 0. The van der Waals surface area contributed by atoms with Crippen molar-refractivity contribution in [2.45, 2.75) is 6.92 Å². The molecule has 0 aromatic heterocycles. The van der Waals surface area contributed by atoms with Crippen molar-refractivity contribution >= 4 is 11.4 Å². The molecule has 0 aliphatic rings. The fourth-order valence-electron chi connectivity index (χ4n) is 0.0962. The van der Waals surface area contributed by atoms with Crippen LogP contribution >= 0.6 is 0 Å². The van der Waals surface area contributed by atoms with Crippen molar-refractivity contribution in [1.82, 2.24) is 0 Å². The molecule has 0 radical (unpaired) electrons. The third-order valence-corrected chi connectivity index (χ3v) is 0.642. The Morgan fingerprint density at radius 3 is 2.43 bits per heavy atom. The van der Waals surface area contributed by atoms with Gasteiger partial charge in [-0.3, -0.25) is 0 Å². The van der Waals surface area contributed by atoms with Crippen LogP contribution in [0.3, 0.4) is 0 Å². The van der Waals surface area contributed by atoms with Crippen LogP contribution in [0.15, 0.2) is 0 Å². The van der Waals surface area contributed by atoms with Crippen molar-refractivity contribution in [1.29, 1.82) is 0 Å². The van der Waals surface area contributed by atoms with Crippen LogP contribution in [-0.4, -0.2) is 15.4 Å². The molecule has 3 nitrogen and oxygen atoms in total. The summed E-state index contributed by atoms with van der Waals surface area (Å²) in [4.78, 5) is 0. The van der Waals surface area contributed by atoms with Crippen LogP contribution in [0, 0.1) is 0 Å². The van der Waals surface area contributed by atoms with Gasteiger partial charge in [0.2, 0.25) is 0 Å². The van der Waals surface area contributed by atoms with Crippen molar-refractivity contribution in [2.24, 2.45) is 0 Å². The van der Waals surface area contributed by atoms with E-state index in [2.05, 4.69) is 4.18 Å². The fraction of sp³-hybridized carbons (Fsp3) is 1.00. The Hall–Kier alpha value is 0.667. The Morgan fingerprint density at radius 1 is 2.00 bits per heavy atom. The molecular formula is C2H6LiO3S-. The second-order valence-corrected chi connectivity index (χ2v) is 1.25. The SMILES string of the molecule is CCOS(=O)[O-].[H-].[Li+]. The molecule has 1 atom stereocenters. The third kappa shape index (κ3) is 10.8. The van der Waals surface area contributed by atoms with Gasteiger partial charge in [0.1, 0.15) is 0 Å². The van der Waals surface area contributed by atoms with Gasteiger partial charge in [-0.2, -0.15) is 0 Å². The second kappa shape index (κ2) is 6.67. The second-order valence-electron chi connectivity index (χ2n) is 0.611. The quantitative estimate of drug-likeness (QED) is 0.285. The average molecular weight is 117 g/mol. The maximum absolute atomic E-state index is 9.38. The van der Waals surface area contributed by atoms with Gasteiger partial charge >= 0.3 is 18.9 Å². The minimum Gasteiger partial charge on any atom is -1.00 e. The van der Waals surface area contributed by atoms with E-state index in [-0.39, 0.29) is 26.9 Å². The molecule has 0 fully saturated rings. The van der Waals surface area contributed by atoms with Crippen molar-refractivity contribution in [2.75, 3.05) is 6.61 Å². The predicted molar refractivity (Wildman–Crippen MR) is 21.7 cm³/mol. The standard InChI is InChI=1S/C2H6O3S.Li.H/c1-2-5-6(3)4;;/h2H2,1H3,(H,3,4);;/q;+1;-1/p-1. The Bertz CT molecular complexity index is 61.2. The summed E-state index contributed by atoms with van der Waals surface area (Å²) in [6.45, 7) is 1.83. The zero-order valence-electron chi connectivity index (χ0n) is 5.34. The topological polar surface area (TPSA) is 49.4 Å². The maximum Gasteiger partial charge on any atom is 1.00 e. The van der Waals surface area contributed by atoms with Crippen LogP contribution in [-0.2, 0) is 15.5 Å². The summed E-state index contributed by atoms with van der Waals surface area (Å²) in [5.41, 5.74) is 0. The van der Waals surface area contributed by atoms with Gasteiger partial charge in [-0.1, -0.05) is 0 Å². The Labute approximate surface area is 58.6 Å². The molecule has 1 unspecified atom stereocenters. The van der Waals surface area contributed by atoms with Gasteiger partial charge in [0.25, 0.3) is 0 Å². The Kier molecular flexibility index (Phi) is 10.1. The summed E-state index contributed by atoms with van der Waals surface area (Å²) in [6, 6.07) is 0. The summed E-state index contributed by atoms with van der Waals surface area (Å²) in [7, 11) is 0. The van der Waals surface area contributed by atoms with Crippen LogP contribution < -0.4 is 18.9 Å². The molecule has 0 saturated heterocycles. The number of hydrogen-bond acceptors (Lipinski definition) is 3. The number of hydrogen-bond donors (Lipinski definition) is 0. The minimum absolute atomic E-state index is 0. The van der Waals surface area contributed by atoms with Crippen LogP contribution in [0.5, 0.6) is 0 Å². The van der Waals surface area contributed by atoms with Gasteiger partial charge < -0.3 is 10.2 Å². The van der Waals surface area contributed by atoms with Crippen molar-refractivity contribution in [3.05, 3.63) is 0 Å². The van der Waals surface area contributed by atoms with Gasteiger partial charge in [-0.15, -0.1) is 0 Å². The van der Waals surface area contributed by atoms with E-state index in [1.807, 2.05) is 0 Å². The molecule has 0 amide bonds. The van der Waals surface area contributed by atoms with Gasteiger partial charge in [0.05, 0.1) is 18.0 Å². The fourth-order valence-corrected chi connectivity index (χ4v) is 0.289. The van der Waals surface area contributed by atoms with Crippen LogP contribution in [0.2, 0.25) is 0 Å². The van der Waals surface area contributed by atoms with Crippen LogP contribution in [0.25, 0.3) is 0 Å².